The summed E-state index contributed by atoms with van der Waals surface area (Å²) in [7, 11) is 0. The van der Waals surface area contributed by atoms with Gasteiger partial charge in [0.15, 0.2) is 0 Å². The fourth-order valence-electron chi connectivity index (χ4n) is 5.42. The van der Waals surface area contributed by atoms with E-state index in [2.05, 4.69) is 17.6 Å². The number of anilines is 1. The van der Waals surface area contributed by atoms with Crippen LogP contribution in [0.1, 0.15) is 87.2 Å². The number of ether oxygens (including phenoxy) is 1. The minimum atomic E-state index is -1.06. The summed E-state index contributed by atoms with van der Waals surface area (Å²) in [6, 6.07) is 15.6. The molecule has 0 spiro atoms. The zero-order valence-corrected chi connectivity index (χ0v) is 28.8. The number of benzene rings is 3. The molecule has 0 aromatic heterocycles. The molecule has 2 atom stereocenters. The summed E-state index contributed by atoms with van der Waals surface area (Å²) in [5.41, 5.74) is 3.76. The third-order valence-electron chi connectivity index (χ3n) is 7.49. The number of hydrogen-bond acceptors (Lipinski definition) is 5. The van der Waals surface area contributed by atoms with Gasteiger partial charge in [0.1, 0.15) is 23.4 Å². The number of para-hydroxylation sites is 1. The second-order valence-electron chi connectivity index (χ2n) is 12.9. The number of nitrogens with one attached hydrogen (secondary N) is 2. The second-order valence-corrected chi connectivity index (χ2v) is 13.3. The summed E-state index contributed by atoms with van der Waals surface area (Å²) >= 11 is 6.52. The molecule has 3 aromatic carbocycles. The molecule has 0 bridgehead atoms. The minimum absolute atomic E-state index is 0.0886. The van der Waals surface area contributed by atoms with Crippen LogP contribution in [0.4, 0.5) is 10.5 Å². The number of amides is 3. The van der Waals surface area contributed by atoms with Crippen molar-refractivity contribution >= 4 is 35.2 Å². The Bertz CT molecular complexity index is 1460. The number of carbonyl (C=O) groups excluding carboxylic acids is 3. The number of hydrogen-bond donors (Lipinski definition) is 3. The smallest absolute Gasteiger partial charge is 0.408 e. The van der Waals surface area contributed by atoms with Gasteiger partial charge in [0.2, 0.25) is 5.91 Å². The van der Waals surface area contributed by atoms with E-state index in [1.165, 1.54) is 12.1 Å². The fraction of sp³-hybridized carbons (Fsp3) is 0.432. The molecule has 0 fully saturated rings. The highest BCUT2D eigenvalue weighted by Crippen LogP contribution is 2.31. The van der Waals surface area contributed by atoms with E-state index in [0.717, 1.165) is 41.5 Å². The lowest BCUT2D eigenvalue weighted by atomic mass is 9.96. The van der Waals surface area contributed by atoms with Gasteiger partial charge in [0.25, 0.3) is 5.91 Å². The maximum absolute atomic E-state index is 14.8. The van der Waals surface area contributed by atoms with Crippen molar-refractivity contribution in [3.63, 3.8) is 0 Å². The lowest BCUT2D eigenvalue weighted by Crippen LogP contribution is -2.53. The van der Waals surface area contributed by atoms with E-state index in [0.29, 0.717) is 22.7 Å². The highest BCUT2D eigenvalue weighted by Gasteiger charge is 2.37. The standard InChI is InChI=1S/C37H48ClN3O5/c1-8-9-10-11-19-41(35(44)31(39-36(45)46-37(5,6)7)23-27-15-17-29(42)18-16-27)33(28-21-24(2)20-25(3)22-28)34(43)40-32-26(4)13-12-14-30(32)38/h12-18,20-22,31,33,42H,8-11,19,23H2,1-7H3,(H,39,45)(H,40,43). The topological polar surface area (TPSA) is 108 Å². The second kappa shape index (κ2) is 16.5. The molecule has 3 aromatic rings. The number of rotatable bonds is 13. The number of aromatic hydroxyl groups is 1. The van der Waals surface area contributed by atoms with E-state index in [1.54, 1.807) is 43.9 Å². The molecule has 0 aliphatic heterocycles. The molecule has 0 aliphatic carbocycles. The van der Waals surface area contributed by atoms with Crippen molar-refractivity contribution in [1.29, 1.82) is 0 Å². The van der Waals surface area contributed by atoms with Crippen LogP contribution in [-0.4, -0.2) is 46.1 Å². The number of aryl methyl sites for hydroxylation is 3. The van der Waals surface area contributed by atoms with Crippen molar-refractivity contribution < 1.29 is 24.2 Å². The van der Waals surface area contributed by atoms with E-state index in [4.69, 9.17) is 16.3 Å². The van der Waals surface area contributed by atoms with Crippen LogP contribution >= 0.6 is 11.6 Å². The van der Waals surface area contributed by atoms with Crippen LogP contribution in [0.15, 0.2) is 60.7 Å². The van der Waals surface area contributed by atoms with Gasteiger partial charge in [-0.2, -0.15) is 0 Å². The van der Waals surface area contributed by atoms with E-state index in [1.807, 2.05) is 51.1 Å². The molecule has 3 N–H and O–H groups in total. The van der Waals surface area contributed by atoms with Crippen molar-refractivity contribution in [2.75, 3.05) is 11.9 Å². The first-order chi connectivity index (χ1) is 21.7. The maximum atomic E-state index is 14.8. The molecule has 0 saturated carbocycles. The molecule has 46 heavy (non-hydrogen) atoms. The van der Waals surface area contributed by atoms with Gasteiger partial charge in [0.05, 0.1) is 10.7 Å². The van der Waals surface area contributed by atoms with Crippen LogP contribution in [0.25, 0.3) is 0 Å². The average Bonchev–Trinajstić information content (AvgIpc) is 2.95. The largest absolute Gasteiger partial charge is 0.508 e. The van der Waals surface area contributed by atoms with Gasteiger partial charge in [-0.05, 0) is 82.9 Å². The average molecular weight is 650 g/mol. The van der Waals surface area contributed by atoms with E-state index in [9.17, 15) is 19.5 Å². The van der Waals surface area contributed by atoms with Gasteiger partial charge in [0, 0.05) is 13.0 Å². The van der Waals surface area contributed by atoms with Gasteiger partial charge >= 0.3 is 6.09 Å². The van der Waals surface area contributed by atoms with Gasteiger partial charge in [-0.25, -0.2) is 4.79 Å². The van der Waals surface area contributed by atoms with E-state index < -0.39 is 35.6 Å². The number of halogens is 1. The number of phenolic OH excluding ortho intramolecular Hbond substituents is 1. The van der Waals surface area contributed by atoms with Gasteiger partial charge in [-0.15, -0.1) is 0 Å². The summed E-state index contributed by atoms with van der Waals surface area (Å²) in [5.74, 6) is -0.748. The summed E-state index contributed by atoms with van der Waals surface area (Å²) in [6.07, 6.45) is 2.90. The normalized spacial score (nSPS) is 12.6. The number of nitrogens with zero attached hydrogens (tertiary/aromatic N) is 1. The molecule has 8 nitrogen and oxygen atoms in total. The molecule has 3 amide bonds. The number of carbonyl (C=O) groups is 3. The number of unbranched alkanes of at least 4 members (excludes halogenated alkanes) is 3. The van der Waals surface area contributed by atoms with Crippen LogP contribution in [0.2, 0.25) is 5.02 Å². The first-order valence-electron chi connectivity index (χ1n) is 15.9. The Kier molecular flexibility index (Phi) is 13.1. The molecule has 2 unspecified atom stereocenters. The Morgan fingerprint density at radius 1 is 0.935 bits per heavy atom. The molecule has 3 rings (SSSR count). The predicted molar refractivity (Wildman–Crippen MR) is 184 cm³/mol. The SMILES string of the molecule is CCCCCCN(C(=O)C(Cc1ccc(O)cc1)NC(=O)OC(C)(C)C)C(C(=O)Nc1c(C)cccc1Cl)c1cc(C)cc(C)c1. The predicted octanol–water partition coefficient (Wildman–Crippen LogP) is 8.20. The fourth-order valence-corrected chi connectivity index (χ4v) is 5.68. The lowest BCUT2D eigenvalue weighted by molar-refractivity contribution is -0.140. The number of phenols is 1. The lowest BCUT2D eigenvalue weighted by Gasteiger charge is -2.35. The van der Waals surface area contributed by atoms with E-state index in [-0.39, 0.29) is 18.7 Å². The van der Waals surface area contributed by atoms with Crippen LogP contribution < -0.4 is 10.6 Å². The summed E-state index contributed by atoms with van der Waals surface area (Å²) < 4.78 is 5.54. The van der Waals surface area contributed by atoms with Crippen molar-refractivity contribution in [3.05, 3.63) is 93.5 Å². The molecule has 0 radical (unpaired) electrons. The maximum Gasteiger partial charge on any atom is 0.408 e. The van der Waals surface area contributed by atoms with Crippen LogP contribution in [0, 0.1) is 20.8 Å². The monoisotopic (exact) mass is 649 g/mol. The Morgan fingerprint density at radius 3 is 2.17 bits per heavy atom. The quantitative estimate of drug-likeness (QED) is 0.162. The summed E-state index contributed by atoms with van der Waals surface area (Å²) in [6.45, 7) is 13.4. The first-order valence-corrected chi connectivity index (χ1v) is 16.3. The first kappa shape index (κ1) is 36.4. The zero-order valence-electron chi connectivity index (χ0n) is 28.1. The van der Waals surface area contributed by atoms with Crippen LogP contribution in [-0.2, 0) is 20.7 Å². The van der Waals surface area contributed by atoms with Crippen LogP contribution in [0.3, 0.4) is 0 Å². The molecule has 0 aliphatic rings. The number of alkyl carbamates (subject to hydrolysis) is 1. The Labute approximate surface area is 278 Å². The van der Waals surface area contributed by atoms with Crippen LogP contribution in [0.5, 0.6) is 5.75 Å². The van der Waals surface area contributed by atoms with Gasteiger partial charge in [-0.1, -0.05) is 91.4 Å². The van der Waals surface area contributed by atoms with Crippen molar-refractivity contribution in [2.45, 2.75) is 98.3 Å². The summed E-state index contributed by atoms with van der Waals surface area (Å²) in [4.78, 5) is 43.8. The van der Waals surface area contributed by atoms with Crippen molar-refractivity contribution in [2.24, 2.45) is 0 Å². The molecule has 248 valence electrons. The molecule has 0 heterocycles. The molecule has 9 heteroatoms. The summed E-state index contributed by atoms with van der Waals surface area (Å²) in [5, 5.41) is 16.0. The highest BCUT2D eigenvalue weighted by molar-refractivity contribution is 6.34. The molecular weight excluding hydrogens is 602 g/mol. The van der Waals surface area contributed by atoms with Gasteiger partial charge in [-0.3, -0.25) is 9.59 Å². The zero-order chi connectivity index (χ0) is 34.0. The third kappa shape index (κ3) is 10.8. The van der Waals surface area contributed by atoms with Crippen molar-refractivity contribution in [3.8, 4) is 5.75 Å². The van der Waals surface area contributed by atoms with E-state index >= 15 is 0 Å². The van der Waals surface area contributed by atoms with Gasteiger partial charge < -0.3 is 25.4 Å². The highest BCUT2D eigenvalue weighted by atomic mass is 35.5. The van der Waals surface area contributed by atoms with Crippen molar-refractivity contribution in [1.82, 2.24) is 10.2 Å². The Balaban J connectivity index is 2.14. The molecule has 0 saturated heterocycles. The Hall–Kier alpha value is -4.04. The molecular formula is C37H48ClN3O5. The third-order valence-corrected chi connectivity index (χ3v) is 7.81. The Morgan fingerprint density at radius 2 is 1.59 bits per heavy atom. The minimum Gasteiger partial charge on any atom is -0.508 e.